The number of phenols is 1. The van der Waals surface area contributed by atoms with Crippen LogP contribution in [0.5, 0.6) is 5.75 Å². The van der Waals surface area contributed by atoms with Crippen molar-refractivity contribution in [2.75, 3.05) is 10.6 Å². The fraction of sp³-hybridized carbons (Fsp3) is 0.0526. The van der Waals surface area contributed by atoms with Gasteiger partial charge in [-0.1, -0.05) is 42.5 Å². The number of aromatic hydroxyl groups is 1. The number of para-hydroxylation sites is 1. The van der Waals surface area contributed by atoms with Crippen LogP contribution in [0.25, 0.3) is 10.8 Å². The van der Waals surface area contributed by atoms with E-state index in [1.165, 1.54) is 0 Å². The maximum atomic E-state index is 12.2. The van der Waals surface area contributed by atoms with E-state index >= 15 is 0 Å². The molecule has 120 valence electrons. The van der Waals surface area contributed by atoms with Gasteiger partial charge in [-0.15, -0.1) is 0 Å². The van der Waals surface area contributed by atoms with Crippen LogP contribution >= 0.6 is 0 Å². The van der Waals surface area contributed by atoms with Crippen LogP contribution < -0.4 is 10.6 Å². The Morgan fingerprint density at radius 2 is 1.33 bits per heavy atom. The van der Waals surface area contributed by atoms with Crippen LogP contribution in [0.15, 0.2) is 60.7 Å². The Hall–Kier alpha value is -3.34. The fourth-order valence-corrected chi connectivity index (χ4v) is 2.47. The first-order valence-electron chi connectivity index (χ1n) is 7.45. The van der Waals surface area contributed by atoms with Gasteiger partial charge in [-0.05, 0) is 30.7 Å². The summed E-state index contributed by atoms with van der Waals surface area (Å²) in [5.74, 6) is -1.40. The second-order valence-electron chi connectivity index (χ2n) is 5.40. The number of benzene rings is 3. The molecule has 5 heteroatoms. The molecule has 0 unspecified atom stereocenters. The van der Waals surface area contributed by atoms with Crippen LogP contribution in [0.2, 0.25) is 0 Å². The number of hydrogen-bond acceptors (Lipinski definition) is 3. The summed E-state index contributed by atoms with van der Waals surface area (Å²) in [6.07, 6.45) is 0. The molecule has 3 N–H and O–H groups in total. The minimum atomic E-state index is -0.769. The number of rotatable bonds is 2. The molecule has 0 fully saturated rings. The molecule has 5 nitrogen and oxygen atoms in total. The van der Waals surface area contributed by atoms with Crippen LogP contribution in [-0.2, 0) is 9.59 Å². The van der Waals surface area contributed by atoms with Crippen molar-refractivity contribution in [3.63, 3.8) is 0 Å². The van der Waals surface area contributed by atoms with E-state index in [1.54, 1.807) is 48.5 Å². The highest BCUT2D eigenvalue weighted by atomic mass is 16.3. The van der Waals surface area contributed by atoms with Crippen LogP contribution in [0, 0.1) is 6.92 Å². The lowest BCUT2D eigenvalue weighted by Gasteiger charge is -2.10. The molecule has 0 radical (unpaired) electrons. The molecule has 0 spiro atoms. The zero-order valence-electron chi connectivity index (χ0n) is 13.0. The first kappa shape index (κ1) is 15.6. The van der Waals surface area contributed by atoms with Gasteiger partial charge in [0.2, 0.25) is 0 Å². The first-order chi connectivity index (χ1) is 11.6. The number of fused-ring (bicyclic) bond motifs is 1. The number of hydrogen-bond donors (Lipinski definition) is 3. The Labute approximate surface area is 138 Å². The van der Waals surface area contributed by atoms with Crippen molar-refractivity contribution < 1.29 is 14.7 Å². The summed E-state index contributed by atoms with van der Waals surface area (Å²) in [5.41, 5.74) is 1.93. The van der Waals surface area contributed by atoms with E-state index in [4.69, 9.17) is 0 Å². The quantitative estimate of drug-likeness (QED) is 0.633. The second-order valence-corrected chi connectivity index (χ2v) is 5.40. The average Bonchev–Trinajstić information content (AvgIpc) is 2.58. The van der Waals surface area contributed by atoms with Crippen molar-refractivity contribution in [1.82, 2.24) is 0 Å². The maximum Gasteiger partial charge on any atom is 0.314 e. The Kier molecular flexibility index (Phi) is 4.16. The molecule has 24 heavy (non-hydrogen) atoms. The highest BCUT2D eigenvalue weighted by molar-refractivity contribution is 6.44. The van der Waals surface area contributed by atoms with Gasteiger partial charge in [-0.25, -0.2) is 0 Å². The van der Waals surface area contributed by atoms with Crippen molar-refractivity contribution in [2.24, 2.45) is 0 Å². The molecule has 0 aliphatic carbocycles. The molecular formula is C19H16N2O3. The van der Waals surface area contributed by atoms with Crippen LogP contribution in [0.4, 0.5) is 11.4 Å². The molecule has 3 rings (SSSR count). The SMILES string of the molecule is Cc1ccccc1NC(=O)C(=O)Nc1cccc2c(O)cccc12. The van der Waals surface area contributed by atoms with Crippen molar-refractivity contribution >= 4 is 34.0 Å². The second kappa shape index (κ2) is 6.42. The van der Waals surface area contributed by atoms with E-state index in [0.717, 1.165) is 5.56 Å². The zero-order valence-corrected chi connectivity index (χ0v) is 13.0. The summed E-state index contributed by atoms with van der Waals surface area (Å²) in [6, 6.07) is 17.4. The molecule has 0 saturated heterocycles. The standard InChI is InChI=1S/C19H16N2O3/c1-12-6-2-3-9-15(12)20-18(23)19(24)21-16-10-4-8-14-13(16)7-5-11-17(14)22/h2-11,22H,1H3,(H,20,23)(H,21,24). The molecule has 3 aromatic rings. The van der Waals surface area contributed by atoms with Crippen LogP contribution in [0.3, 0.4) is 0 Å². The van der Waals surface area contributed by atoms with Gasteiger partial charge >= 0.3 is 11.8 Å². The van der Waals surface area contributed by atoms with Gasteiger partial charge in [0.15, 0.2) is 0 Å². The predicted molar refractivity (Wildman–Crippen MR) is 94.1 cm³/mol. The van der Waals surface area contributed by atoms with Gasteiger partial charge in [0, 0.05) is 22.1 Å². The largest absolute Gasteiger partial charge is 0.507 e. The van der Waals surface area contributed by atoms with E-state index in [0.29, 0.717) is 22.1 Å². The van der Waals surface area contributed by atoms with Crippen molar-refractivity contribution in [2.45, 2.75) is 6.92 Å². The molecule has 2 amide bonds. The van der Waals surface area contributed by atoms with Crippen molar-refractivity contribution in [3.8, 4) is 5.75 Å². The number of phenolic OH excluding ortho intramolecular Hbond substituents is 1. The average molecular weight is 320 g/mol. The summed E-state index contributed by atoms with van der Waals surface area (Å²) in [7, 11) is 0. The lowest BCUT2D eigenvalue weighted by atomic mass is 10.1. The van der Waals surface area contributed by atoms with Gasteiger partial charge in [0.25, 0.3) is 0 Å². The zero-order chi connectivity index (χ0) is 17.1. The van der Waals surface area contributed by atoms with Gasteiger partial charge in [-0.3, -0.25) is 9.59 Å². The number of carbonyl (C=O) groups excluding carboxylic acids is 2. The number of carbonyl (C=O) groups is 2. The van der Waals surface area contributed by atoms with E-state index in [1.807, 2.05) is 19.1 Å². The summed E-state index contributed by atoms with van der Waals surface area (Å²) in [6.45, 7) is 1.85. The lowest BCUT2D eigenvalue weighted by Crippen LogP contribution is -2.29. The van der Waals surface area contributed by atoms with Crippen molar-refractivity contribution in [1.29, 1.82) is 0 Å². The molecule has 0 aliphatic rings. The molecule has 0 atom stereocenters. The summed E-state index contributed by atoms with van der Waals surface area (Å²) < 4.78 is 0. The maximum absolute atomic E-state index is 12.2. The molecule has 0 heterocycles. The van der Waals surface area contributed by atoms with E-state index in [-0.39, 0.29) is 5.75 Å². The lowest BCUT2D eigenvalue weighted by molar-refractivity contribution is -0.132. The van der Waals surface area contributed by atoms with Crippen molar-refractivity contribution in [3.05, 3.63) is 66.2 Å². The van der Waals surface area contributed by atoms with Gasteiger partial charge in [-0.2, -0.15) is 0 Å². The topological polar surface area (TPSA) is 78.4 Å². The highest BCUT2D eigenvalue weighted by Crippen LogP contribution is 2.29. The molecular weight excluding hydrogens is 304 g/mol. The number of anilines is 2. The summed E-state index contributed by atoms with van der Waals surface area (Å²) >= 11 is 0. The normalized spacial score (nSPS) is 10.4. The Bertz CT molecular complexity index is 935. The third-order valence-electron chi connectivity index (χ3n) is 3.75. The minimum absolute atomic E-state index is 0.118. The Balaban J connectivity index is 1.81. The number of nitrogens with one attached hydrogen (secondary N) is 2. The fourth-order valence-electron chi connectivity index (χ4n) is 2.47. The molecule has 0 aliphatic heterocycles. The van der Waals surface area contributed by atoms with Gasteiger partial charge < -0.3 is 15.7 Å². The highest BCUT2D eigenvalue weighted by Gasteiger charge is 2.16. The minimum Gasteiger partial charge on any atom is -0.507 e. The van der Waals surface area contributed by atoms with Gasteiger partial charge in [0.05, 0.1) is 0 Å². The number of amides is 2. The third kappa shape index (κ3) is 3.05. The van der Waals surface area contributed by atoms with Crippen LogP contribution in [0.1, 0.15) is 5.56 Å². The predicted octanol–water partition coefficient (Wildman–Crippen LogP) is 3.43. The van der Waals surface area contributed by atoms with Crippen LogP contribution in [-0.4, -0.2) is 16.9 Å². The molecule has 0 bridgehead atoms. The summed E-state index contributed by atoms with van der Waals surface area (Å²) in [5, 5.41) is 16.3. The number of aryl methyl sites for hydroxylation is 1. The third-order valence-corrected chi connectivity index (χ3v) is 3.75. The molecule has 3 aromatic carbocycles. The van der Waals surface area contributed by atoms with E-state index in [9.17, 15) is 14.7 Å². The van der Waals surface area contributed by atoms with Gasteiger partial charge in [0.1, 0.15) is 5.75 Å². The van der Waals surface area contributed by atoms with E-state index < -0.39 is 11.8 Å². The summed E-state index contributed by atoms with van der Waals surface area (Å²) in [4.78, 5) is 24.3. The monoisotopic (exact) mass is 320 g/mol. The Morgan fingerprint density at radius 1 is 0.750 bits per heavy atom. The first-order valence-corrected chi connectivity index (χ1v) is 7.45. The molecule has 0 saturated carbocycles. The Morgan fingerprint density at radius 3 is 2.08 bits per heavy atom. The smallest absolute Gasteiger partial charge is 0.314 e. The van der Waals surface area contributed by atoms with E-state index in [2.05, 4.69) is 10.6 Å². The molecule has 0 aromatic heterocycles.